The highest BCUT2D eigenvalue weighted by Crippen LogP contribution is 2.37. The van der Waals surface area contributed by atoms with Crippen molar-refractivity contribution in [2.24, 2.45) is 0 Å². The van der Waals surface area contributed by atoms with Crippen LogP contribution in [0.4, 0.5) is 5.69 Å². The number of hydrogen-bond donors (Lipinski definition) is 0. The van der Waals surface area contributed by atoms with E-state index in [0.717, 1.165) is 0 Å². The van der Waals surface area contributed by atoms with E-state index in [1.54, 1.807) is 54.8 Å². The Morgan fingerprint density at radius 1 is 1.03 bits per heavy atom. The number of benzene rings is 2. The number of carbonyl (C=O) groups is 2. The standard InChI is InChI=1S/C23H17ClN2O6/c1-29-22(27)15-6-3-4-11-26(21(15)23(28)30-2)14-9-10-17(16(24)12-14)32-19-8-5-7-18-20(19)25-13-31-18/h3-13H,1-2H3. The molecule has 0 saturated heterocycles. The molecule has 8 nitrogen and oxygen atoms in total. The molecule has 1 aliphatic heterocycles. The van der Waals surface area contributed by atoms with Gasteiger partial charge in [0.15, 0.2) is 23.2 Å². The number of carbonyl (C=O) groups excluding carboxylic acids is 2. The molecule has 2 aromatic carbocycles. The summed E-state index contributed by atoms with van der Waals surface area (Å²) >= 11 is 6.49. The fraction of sp³-hybridized carbons (Fsp3) is 0.0870. The zero-order valence-corrected chi connectivity index (χ0v) is 17.8. The maximum atomic E-state index is 12.6. The lowest BCUT2D eigenvalue weighted by Gasteiger charge is -2.23. The minimum Gasteiger partial charge on any atom is -0.465 e. The Labute approximate surface area is 187 Å². The number of nitrogens with zero attached hydrogens (tertiary/aromatic N) is 2. The topological polar surface area (TPSA) is 91.1 Å². The molecule has 2 heterocycles. The normalized spacial score (nSPS) is 13.3. The van der Waals surface area contributed by atoms with Crippen LogP contribution in [0.3, 0.4) is 0 Å². The number of hydrogen-bond acceptors (Lipinski definition) is 8. The lowest BCUT2D eigenvalue weighted by Crippen LogP contribution is -2.26. The molecular weight excluding hydrogens is 436 g/mol. The van der Waals surface area contributed by atoms with Gasteiger partial charge in [0.2, 0.25) is 0 Å². The van der Waals surface area contributed by atoms with E-state index in [1.807, 2.05) is 0 Å². The van der Waals surface area contributed by atoms with Gasteiger partial charge in [-0.05, 0) is 42.5 Å². The number of allylic oxidation sites excluding steroid dienone is 2. The molecular formula is C23H17ClN2O6. The molecule has 1 aliphatic rings. The van der Waals surface area contributed by atoms with Crippen LogP contribution >= 0.6 is 11.6 Å². The number of methoxy groups -OCH3 is 2. The molecule has 0 saturated carbocycles. The van der Waals surface area contributed by atoms with Crippen LogP contribution in [-0.4, -0.2) is 31.1 Å². The van der Waals surface area contributed by atoms with Gasteiger partial charge >= 0.3 is 11.9 Å². The Kier molecular flexibility index (Phi) is 5.96. The number of oxazole rings is 1. The van der Waals surface area contributed by atoms with E-state index in [2.05, 4.69) is 4.98 Å². The first kappa shape index (κ1) is 21.2. The van der Waals surface area contributed by atoms with Gasteiger partial charge in [0, 0.05) is 11.9 Å². The third kappa shape index (κ3) is 3.95. The molecule has 0 bridgehead atoms. The summed E-state index contributed by atoms with van der Waals surface area (Å²) in [7, 11) is 2.47. The molecule has 0 N–H and O–H groups in total. The van der Waals surface area contributed by atoms with Gasteiger partial charge in [-0.25, -0.2) is 14.6 Å². The molecule has 3 aromatic rings. The second-order valence-electron chi connectivity index (χ2n) is 6.49. The maximum absolute atomic E-state index is 12.6. The molecule has 0 unspecified atom stereocenters. The summed E-state index contributed by atoms with van der Waals surface area (Å²) in [5.41, 5.74) is 1.68. The third-order valence-electron chi connectivity index (χ3n) is 4.63. The molecule has 0 amide bonds. The van der Waals surface area contributed by atoms with Gasteiger partial charge in [0.05, 0.1) is 24.8 Å². The molecule has 0 fully saturated rings. The Bertz CT molecular complexity index is 1290. The minimum atomic E-state index is -0.712. The van der Waals surface area contributed by atoms with Gasteiger partial charge in [-0.2, -0.15) is 0 Å². The van der Waals surface area contributed by atoms with Gasteiger partial charge in [-0.15, -0.1) is 0 Å². The number of para-hydroxylation sites is 1. The summed E-state index contributed by atoms with van der Waals surface area (Å²) < 4.78 is 21.0. The zero-order chi connectivity index (χ0) is 22.7. The van der Waals surface area contributed by atoms with Crippen LogP contribution in [-0.2, 0) is 19.1 Å². The van der Waals surface area contributed by atoms with Gasteiger partial charge in [0.25, 0.3) is 0 Å². The zero-order valence-electron chi connectivity index (χ0n) is 17.1. The largest absolute Gasteiger partial charge is 0.465 e. The van der Waals surface area contributed by atoms with Crippen molar-refractivity contribution in [1.29, 1.82) is 0 Å². The first-order valence-electron chi connectivity index (χ1n) is 9.38. The number of anilines is 1. The van der Waals surface area contributed by atoms with E-state index >= 15 is 0 Å². The minimum absolute atomic E-state index is 0.0125. The van der Waals surface area contributed by atoms with Crippen LogP contribution in [0.2, 0.25) is 5.02 Å². The summed E-state index contributed by atoms with van der Waals surface area (Å²) in [6, 6.07) is 10.3. The van der Waals surface area contributed by atoms with Crippen LogP contribution in [0.5, 0.6) is 11.5 Å². The van der Waals surface area contributed by atoms with Crippen LogP contribution in [0.1, 0.15) is 0 Å². The molecule has 1 aromatic heterocycles. The predicted molar refractivity (Wildman–Crippen MR) is 117 cm³/mol. The predicted octanol–water partition coefficient (Wildman–Crippen LogP) is 4.76. The van der Waals surface area contributed by atoms with Crippen LogP contribution in [0, 0.1) is 0 Å². The Hall–Kier alpha value is -4.04. The van der Waals surface area contributed by atoms with Crippen molar-refractivity contribution in [2.75, 3.05) is 19.1 Å². The van der Waals surface area contributed by atoms with Crippen molar-refractivity contribution < 1.29 is 28.2 Å². The van der Waals surface area contributed by atoms with E-state index < -0.39 is 11.9 Å². The molecule has 4 rings (SSSR count). The second kappa shape index (κ2) is 8.99. The number of esters is 2. The number of halogens is 1. The highest BCUT2D eigenvalue weighted by molar-refractivity contribution is 6.32. The van der Waals surface area contributed by atoms with Crippen molar-refractivity contribution in [3.63, 3.8) is 0 Å². The van der Waals surface area contributed by atoms with Crippen molar-refractivity contribution in [2.45, 2.75) is 0 Å². The Morgan fingerprint density at radius 2 is 1.84 bits per heavy atom. The van der Waals surface area contributed by atoms with Gasteiger partial charge in [-0.1, -0.05) is 23.7 Å². The number of ether oxygens (including phenoxy) is 3. The lowest BCUT2D eigenvalue weighted by atomic mass is 10.1. The summed E-state index contributed by atoms with van der Waals surface area (Å²) in [4.78, 5) is 30.5. The number of aromatic nitrogens is 1. The van der Waals surface area contributed by atoms with Crippen LogP contribution in [0.25, 0.3) is 11.1 Å². The van der Waals surface area contributed by atoms with Gasteiger partial charge in [0.1, 0.15) is 11.4 Å². The van der Waals surface area contributed by atoms with Crippen molar-refractivity contribution in [3.05, 3.63) is 83.5 Å². The smallest absolute Gasteiger partial charge is 0.355 e. The molecule has 9 heteroatoms. The van der Waals surface area contributed by atoms with Crippen molar-refractivity contribution >= 4 is 40.3 Å². The SMILES string of the molecule is COC(=O)C1=C(C(=O)OC)N(c2ccc(Oc3cccc4ocnc34)c(Cl)c2)C=CC=C1. The molecule has 0 atom stereocenters. The van der Waals surface area contributed by atoms with Crippen LogP contribution < -0.4 is 9.64 Å². The van der Waals surface area contributed by atoms with E-state index in [-0.39, 0.29) is 16.3 Å². The Morgan fingerprint density at radius 3 is 2.59 bits per heavy atom. The average molecular weight is 453 g/mol. The second-order valence-corrected chi connectivity index (χ2v) is 6.90. The van der Waals surface area contributed by atoms with Gasteiger partial charge in [-0.3, -0.25) is 0 Å². The number of rotatable bonds is 5. The summed E-state index contributed by atoms with van der Waals surface area (Å²) in [5.74, 6) is -0.537. The molecule has 0 spiro atoms. The van der Waals surface area contributed by atoms with Crippen molar-refractivity contribution in [3.8, 4) is 11.5 Å². The van der Waals surface area contributed by atoms with E-state index in [1.165, 1.54) is 31.6 Å². The van der Waals surface area contributed by atoms with Gasteiger partial charge < -0.3 is 23.5 Å². The highest BCUT2D eigenvalue weighted by Gasteiger charge is 2.27. The van der Waals surface area contributed by atoms with Crippen LogP contribution in [0.15, 0.2) is 82.9 Å². The lowest BCUT2D eigenvalue weighted by molar-refractivity contribution is -0.139. The molecule has 32 heavy (non-hydrogen) atoms. The first-order valence-corrected chi connectivity index (χ1v) is 9.76. The summed E-state index contributed by atoms with van der Waals surface area (Å²) in [6.07, 6.45) is 7.71. The fourth-order valence-corrected chi connectivity index (χ4v) is 3.36. The quantitative estimate of drug-likeness (QED) is 0.511. The summed E-state index contributed by atoms with van der Waals surface area (Å²) in [5, 5.41) is 0.275. The van der Waals surface area contributed by atoms with E-state index in [0.29, 0.717) is 28.3 Å². The Balaban J connectivity index is 1.73. The molecule has 0 aliphatic carbocycles. The number of fused-ring (bicyclic) bond motifs is 1. The van der Waals surface area contributed by atoms with Crippen molar-refractivity contribution in [1.82, 2.24) is 4.98 Å². The summed E-state index contributed by atoms with van der Waals surface area (Å²) in [6.45, 7) is 0. The van der Waals surface area contributed by atoms with E-state index in [4.69, 9.17) is 30.2 Å². The average Bonchev–Trinajstić information content (AvgIpc) is 3.19. The third-order valence-corrected chi connectivity index (χ3v) is 4.92. The fourth-order valence-electron chi connectivity index (χ4n) is 3.15. The monoisotopic (exact) mass is 452 g/mol. The highest BCUT2D eigenvalue weighted by atomic mass is 35.5. The first-order chi connectivity index (χ1) is 15.5. The maximum Gasteiger partial charge on any atom is 0.355 e. The molecule has 162 valence electrons. The van der Waals surface area contributed by atoms with E-state index in [9.17, 15) is 9.59 Å². The molecule has 0 radical (unpaired) electrons.